The summed E-state index contributed by atoms with van der Waals surface area (Å²) < 4.78 is 11.8. The minimum absolute atomic E-state index is 0.0273. The Bertz CT molecular complexity index is 1380. The molecule has 0 amide bonds. The second kappa shape index (κ2) is 11.1. The van der Waals surface area contributed by atoms with E-state index in [0.29, 0.717) is 6.61 Å². The topological polar surface area (TPSA) is 58.9 Å². The number of aliphatic hydroxyl groups excluding tert-OH is 2. The SMILES string of the molecule is CC(CO)OCC(C)OCC(O)C(c1cccc2c1Cc1ccccc1-2)c1cccc2c1Cc1ccccc1-2. The predicted molar refractivity (Wildman–Crippen MR) is 155 cm³/mol. The lowest BCUT2D eigenvalue weighted by molar-refractivity contribution is -0.0666. The van der Waals surface area contributed by atoms with Gasteiger partial charge in [0.15, 0.2) is 0 Å². The molecule has 0 spiro atoms. The summed E-state index contributed by atoms with van der Waals surface area (Å²) in [5, 5.41) is 21.1. The van der Waals surface area contributed by atoms with E-state index in [4.69, 9.17) is 9.47 Å². The first-order valence-electron chi connectivity index (χ1n) is 14.0. The van der Waals surface area contributed by atoms with Crippen molar-refractivity contribution in [2.24, 2.45) is 0 Å². The van der Waals surface area contributed by atoms with Crippen LogP contribution < -0.4 is 0 Å². The van der Waals surface area contributed by atoms with Crippen molar-refractivity contribution in [2.45, 2.75) is 50.9 Å². The van der Waals surface area contributed by atoms with Crippen LogP contribution >= 0.6 is 0 Å². The van der Waals surface area contributed by atoms with Crippen LogP contribution in [0.2, 0.25) is 0 Å². The van der Waals surface area contributed by atoms with Gasteiger partial charge in [0.1, 0.15) is 0 Å². The highest BCUT2D eigenvalue weighted by Gasteiger charge is 2.33. The summed E-state index contributed by atoms with van der Waals surface area (Å²) in [6.07, 6.45) is 0.545. The number of hydrogen-bond acceptors (Lipinski definition) is 4. The molecule has 4 heteroatoms. The van der Waals surface area contributed by atoms with E-state index in [0.717, 1.165) is 12.8 Å². The predicted octanol–water partition coefficient (Wildman–Crippen LogP) is 6.12. The Morgan fingerprint density at radius 1 is 0.615 bits per heavy atom. The Kier molecular flexibility index (Phi) is 7.37. The largest absolute Gasteiger partial charge is 0.394 e. The highest BCUT2D eigenvalue weighted by atomic mass is 16.5. The Morgan fingerprint density at radius 2 is 1.10 bits per heavy atom. The fourth-order valence-corrected chi connectivity index (χ4v) is 6.29. The minimum atomic E-state index is -0.742. The number of benzene rings is 4. The molecule has 39 heavy (non-hydrogen) atoms. The van der Waals surface area contributed by atoms with Gasteiger partial charge in [-0.05, 0) is 82.3 Å². The van der Waals surface area contributed by atoms with Crippen molar-refractivity contribution in [3.05, 3.63) is 118 Å². The monoisotopic (exact) mass is 520 g/mol. The van der Waals surface area contributed by atoms with Crippen LogP contribution in [0.5, 0.6) is 0 Å². The smallest absolute Gasteiger partial charge is 0.0882 e. The second-order valence-electron chi connectivity index (χ2n) is 10.9. The first-order valence-corrected chi connectivity index (χ1v) is 14.0. The van der Waals surface area contributed by atoms with Crippen molar-refractivity contribution in [2.75, 3.05) is 19.8 Å². The number of aliphatic hydroxyl groups is 2. The Balaban J connectivity index is 1.38. The summed E-state index contributed by atoms with van der Waals surface area (Å²) >= 11 is 0. The fourth-order valence-electron chi connectivity index (χ4n) is 6.29. The molecule has 4 aromatic rings. The van der Waals surface area contributed by atoms with Crippen molar-refractivity contribution in [3.8, 4) is 22.3 Å². The van der Waals surface area contributed by atoms with Crippen molar-refractivity contribution in [3.63, 3.8) is 0 Å². The van der Waals surface area contributed by atoms with Crippen LogP contribution in [0.25, 0.3) is 22.3 Å². The maximum absolute atomic E-state index is 11.9. The third-order valence-corrected chi connectivity index (χ3v) is 8.25. The van der Waals surface area contributed by atoms with Crippen LogP contribution in [-0.2, 0) is 22.3 Å². The molecule has 0 fully saturated rings. The van der Waals surface area contributed by atoms with Crippen LogP contribution in [0, 0.1) is 0 Å². The molecule has 0 aromatic heterocycles. The summed E-state index contributed by atoms with van der Waals surface area (Å²) in [4.78, 5) is 0. The van der Waals surface area contributed by atoms with Gasteiger partial charge in [-0.15, -0.1) is 0 Å². The molecular formula is C35H36O4. The van der Waals surface area contributed by atoms with Gasteiger partial charge in [-0.25, -0.2) is 0 Å². The molecule has 6 rings (SSSR count). The molecular weight excluding hydrogens is 484 g/mol. The average molecular weight is 521 g/mol. The Morgan fingerprint density at radius 3 is 1.64 bits per heavy atom. The minimum Gasteiger partial charge on any atom is -0.394 e. The zero-order chi connectivity index (χ0) is 26.9. The van der Waals surface area contributed by atoms with Crippen molar-refractivity contribution in [1.29, 1.82) is 0 Å². The highest BCUT2D eigenvalue weighted by molar-refractivity contribution is 5.80. The van der Waals surface area contributed by atoms with Gasteiger partial charge >= 0.3 is 0 Å². The van der Waals surface area contributed by atoms with E-state index in [-0.39, 0.29) is 31.3 Å². The number of hydrogen-bond donors (Lipinski definition) is 2. The molecule has 0 radical (unpaired) electrons. The van der Waals surface area contributed by atoms with Crippen molar-refractivity contribution >= 4 is 0 Å². The van der Waals surface area contributed by atoms with Crippen LogP contribution in [0.4, 0.5) is 0 Å². The summed E-state index contributed by atoms with van der Waals surface area (Å²) in [6.45, 7) is 4.31. The van der Waals surface area contributed by atoms with Crippen LogP contribution in [0.3, 0.4) is 0 Å². The number of rotatable bonds is 10. The maximum atomic E-state index is 11.9. The molecule has 2 N–H and O–H groups in total. The third-order valence-electron chi connectivity index (χ3n) is 8.25. The van der Waals surface area contributed by atoms with Gasteiger partial charge in [0.25, 0.3) is 0 Å². The van der Waals surface area contributed by atoms with Gasteiger partial charge in [-0.2, -0.15) is 0 Å². The Hall–Kier alpha value is -3.28. The summed E-state index contributed by atoms with van der Waals surface area (Å²) in [6, 6.07) is 30.3. The maximum Gasteiger partial charge on any atom is 0.0882 e. The highest BCUT2D eigenvalue weighted by Crippen LogP contribution is 2.46. The molecule has 0 aliphatic heterocycles. The van der Waals surface area contributed by atoms with E-state index in [2.05, 4.69) is 84.9 Å². The average Bonchev–Trinajstić information content (AvgIpc) is 3.54. The van der Waals surface area contributed by atoms with E-state index in [9.17, 15) is 10.2 Å². The van der Waals surface area contributed by atoms with Crippen LogP contribution in [-0.4, -0.2) is 48.3 Å². The molecule has 3 atom stereocenters. The molecule has 4 aromatic carbocycles. The van der Waals surface area contributed by atoms with E-state index >= 15 is 0 Å². The number of ether oxygens (including phenoxy) is 2. The van der Waals surface area contributed by atoms with Crippen molar-refractivity contribution < 1.29 is 19.7 Å². The molecule has 2 aliphatic carbocycles. The molecule has 0 saturated heterocycles. The fraction of sp³-hybridized carbons (Fsp3) is 0.314. The van der Waals surface area contributed by atoms with Gasteiger partial charge in [-0.3, -0.25) is 0 Å². The van der Waals surface area contributed by atoms with Crippen molar-refractivity contribution in [1.82, 2.24) is 0 Å². The summed E-state index contributed by atoms with van der Waals surface area (Å²) in [5.74, 6) is -0.233. The van der Waals surface area contributed by atoms with E-state index < -0.39 is 6.10 Å². The zero-order valence-corrected chi connectivity index (χ0v) is 22.6. The Labute approximate surface area is 230 Å². The normalized spacial score (nSPS) is 15.4. The molecule has 3 unspecified atom stereocenters. The first kappa shape index (κ1) is 26.0. The summed E-state index contributed by atoms with van der Waals surface area (Å²) in [7, 11) is 0. The van der Waals surface area contributed by atoms with E-state index in [1.165, 1.54) is 55.6 Å². The number of fused-ring (bicyclic) bond motifs is 6. The van der Waals surface area contributed by atoms with E-state index in [1.807, 2.05) is 13.8 Å². The second-order valence-corrected chi connectivity index (χ2v) is 10.9. The zero-order valence-electron chi connectivity index (χ0n) is 22.6. The first-order chi connectivity index (χ1) is 19.0. The lowest BCUT2D eigenvalue weighted by atomic mass is 9.80. The van der Waals surface area contributed by atoms with Crippen LogP contribution in [0.15, 0.2) is 84.9 Å². The molecule has 0 saturated carbocycles. The molecule has 4 nitrogen and oxygen atoms in total. The standard InChI is InChI=1S/C35H36O4/c1-22(19-36)38-20-23(2)39-21-34(37)35(30-15-7-13-28-26-11-5-3-9-24(26)17-32(28)30)31-16-8-14-29-27-12-6-4-10-25(27)18-33(29)31/h3-16,22-23,34-37H,17-21H2,1-2H3. The van der Waals surface area contributed by atoms with Gasteiger partial charge in [0.05, 0.1) is 38.1 Å². The summed E-state index contributed by atoms with van der Waals surface area (Å²) in [5.41, 5.74) is 12.7. The lowest BCUT2D eigenvalue weighted by Crippen LogP contribution is -2.30. The third kappa shape index (κ3) is 4.94. The molecule has 200 valence electrons. The molecule has 0 heterocycles. The lowest BCUT2D eigenvalue weighted by Gasteiger charge is -2.29. The van der Waals surface area contributed by atoms with Crippen LogP contribution in [0.1, 0.15) is 53.1 Å². The van der Waals surface area contributed by atoms with Gasteiger partial charge in [-0.1, -0.05) is 84.9 Å². The van der Waals surface area contributed by atoms with Gasteiger partial charge < -0.3 is 19.7 Å². The van der Waals surface area contributed by atoms with E-state index in [1.54, 1.807) is 0 Å². The van der Waals surface area contributed by atoms with Gasteiger partial charge in [0.2, 0.25) is 0 Å². The quantitative estimate of drug-likeness (QED) is 0.228. The molecule has 2 aliphatic rings. The van der Waals surface area contributed by atoms with Gasteiger partial charge in [0, 0.05) is 5.92 Å². The molecule has 0 bridgehead atoms.